The zero-order valence-electron chi connectivity index (χ0n) is 20.2. The Balaban J connectivity index is 1.31. The lowest BCUT2D eigenvalue weighted by Crippen LogP contribution is -2.34. The van der Waals surface area contributed by atoms with Gasteiger partial charge in [-0.25, -0.2) is 14.7 Å². The molecule has 2 heterocycles. The number of hydrazone groups is 1. The van der Waals surface area contributed by atoms with E-state index in [1.54, 1.807) is 31.4 Å². The quantitative estimate of drug-likeness (QED) is 0.422. The molecule has 0 fully saturated rings. The molecule has 0 saturated heterocycles. The van der Waals surface area contributed by atoms with Gasteiger partial charge < -0.3 is 4.74 Å². The predicted octanol–water partition coefficient (Wildman–Crippen LogP) is 3.63. The maximum atomic E-state index is 13.3. The van der Waals surface area contributed by atoms with Crippen LogP contribution in [-0.2, 0) is 9.59 Å². The van der Waals surface area contributed by atoms with E-state index in [2.05, 4.69) is 15.5 Å². The number of aromatic nitrogens is 2. The first-order chi connectivity index (χ1) is 18.0. The second-order valence-electron chi connectivity index (χ2n) is 8.62. The summed E-state index contributed by atoms with van der Waals surface area (Å²) in [5.41, 5.74) is 5.33. The molecule has 37 heavy (non-hydrogen) atoms. The summed E-state index contributed by atoms with van der Waals surface area (Å²) < 4.78 is 6.30. The highest BCUT2D eigenvalue weighted by atomic mass is 16.5. The Labute approximate surface area is 213 Å². The number of carbonyl (C=O) groups is 2. The fourth-order valence-corrected chi connectivity index (χ4v) is 4.31. The number of fused-ring (bicyclic) bond motifs is 1. The SMILES string of the molecule is COc1ccc(C2CC(c3ccccc3)=NN2C(=O)CCC(=O)Nn2cnc3ccccc3c2=O)cc1. The Bertz CT molecular complexity index is 1530. The summed E-state index contributed by atoms with van der Waals surface area (Å²) in [5, 5.41) is 6.49. The van der Waals surface area contributed by atoms with Crippen LogP contribution in [0.2, 0.25) is 0 Å². The van der Waals surface area contributed by atoms with Gasteiger partial charge in [0.2, 0.25) is 11.8 Å². The maximum absolute atomic E-state index is 13.3. The van der Waals surface area contributed by atoms with Crippen LogP contribution in [0.5, 0.6) is 5.75 Å². The molecule has 9 nitrogen and oxygen atoms in total. The van der Waals surface area contributed by atoms with Gasteiger partial charge in [-0.3, -0.25) is 19.8 Å². The molecule has 1 aromatic heterocycles. The zero-order valence-corrected chi connectivity index (χ0v) is 20.2. The highest BCUT2D eigenvalue weighted by Crippen LogP contribution is 2.34. The predicted molar refractivity (Wildman–Crippen MR) is 140 cm³/mol. The number of methoxy groups -OCH3 is 1. The molecule has 9 heteroatoms. The molecular formula is C28H25N5O4. The smallest absolute Gasteiger partial charge is 0.280 e. The Hall–Kier alpha value is -4.79. The Morgan fingerprint density at radius 3 is 2.46 bits per heavy atom. The van der Waals surface area contributed by atoms with Gasteiger partial charge in [-0.05, 0) is 35.4 Å². The minimum atomic E-state index is -0.472. The lowest BCUT2D eigenvalue weighted by atomic mass is 9.98. The van der Waals surface area contributed by atoms with E-state index in [0.717, 1.165) is 27.3 Å². The molecule has 0 bridgehead atoms. The summed E-state index contributed by atoms with van der Waals surface area (Å²) in [6.45, 7) is 0. The fraction of sp³-hybridized carbons (Fsp3) is 0.179. The topological polar surface area (TPSA) is 106 Å². The van der Waals surface area contributed by atoms with Crippen molar-refractivity contribution >= 4 is 28.4 Å². The molecule has 1 unspecified atom stereocenters. The van der Waals surface area contributed by atoms with Gasteiger partial charge in [0.25, 0.3) is 5.56 Å². The van der Waals surface area contributed by atoms with Crippen molar-refractivity contribution in [3.05, 3.63) is 107 Å². The summed E-state index contributed by atoms with van der Waals surface area (Å²) in [5.74, 6) is -0.0372. The van der Waals surface area contributed by atoms with Gasteiger partial charge in [0.05, 0.1) is 29.8 Å². The molecule has 186 valence electrons. The van der Waals surface area contributed by atoms with Crippen LogP contribution in [-0.4, -0.2) is 39.3 Å². The van der Waals surface area contributed by atoms with Gasteiger partial charge in [0, 0.05) is 19.3 Å². The molecular weight excluding hydrogens is 470 g/mol. The van der Waals surface area contributed by atoms with Crippen LogP contribution in [0.1, 0.15) is 36.4 Å². The first kappa shape index (κ1) is 23.9. The van der Waals surface area contributed by atoms with E-state index in [1.165, 1.54) is 11.3 Å². The normalized spacial score (nSPS) is 14.9. The Morgan fingerprint density at radius 1 is 0.973 bits per heavy atom. The number of hydrogen-bond acceptors (Lipinski definition) is 6. The lowest BCUT2D eigenvalue weighted by Gasteiger charge is -2.22. The fourth-order valence-electron chi connectivity index (χ4n) is 4.31. The molecule has 0 spiro atoms. The second-order valence-corrected chi connectivity index (χ2v) is 8.62. The number of nitrogens with zero attached hydrogens (tertiary/aromatic N) is 4. The summed E-state index contributed by atoms with van der Waals surface area (Å²) in [4.78, 5) is 42.7. The first-order valence-corrected chi connectivity index (χ1v) is 11.9. The van der Waals surface area contributed by atoms with Crippen molar-refractivity contribution in [2.75, 3.05) is 12.5 Å². The monoisotopic (exact) mass is 495 g/mol. The van der Waals surface area contributed by atoms with E-state index in [4.69, 9.17) is 4.74 Å². The van der Waals surface area contributed by atoms with Crippen molar-refractivity contribution in [3.63, 3.8) is 0 Å². The number of ether oxygens (including phenoxy) is 1. The van der Waals surface area contributed by atoms with Gasteiger partial charge in [-0.1, -0.05) is 54.6 Å². The molecule has 1 aliphatic rings. The van der Waals surface area contributed by atoms with Gasteiger partial charge >= 0.3 is 0 Å². The third-order valence-corrected chi connectivity index (χ3v) is 6.25. The van der Waals surface area contributed by atoms with Crippen molar-refractivity contribution in [3.8, 4) is 5.75 Å². The minimum Gasteiger partial charge on any atom is -0.497 e. The summed E-state index contributed by atoms with van der Waals surface area (Å²) >= 11 is 0. The van der Waals surface area contributed by atoms with E-state index in [-0.39, 0.29) is 30.3 Å². The van der Waals surface area contributed by atoms with Crippen LogP contribution in [0.25, 0.3) is 10.9 Å². The lowest BCUT2D eigenvalue weighted by molar-refractivity contribution is -0.134. The molecule has 0 radical (unpaired) electrons. The van der Waals surface area contributed by atoms with Crippen LogP contribution in [0, 0.1) is 0 Å². The number of hydrogen-bond donors (Lipinski definition) is 1. The zero-order chi connectivity index (χ0) is 25.8. The molecule has 4 aromatic rings. The van der Waals surface area contributed by atoms with Crippen LogP contribution in [0.4, 0.5) is 0 Å². The van der Waals surface area contributed by atoms with Gasteiger partial charge in [-0.15, -0.1) is 0 Å². The number of para-hydroxylation sites is 1. The first-order valence-electron chi connectivity index (χ1n) is 11.9. The summed E-state index contributed by atoms with van der Waals surface area (Å²) in [6.07, 6.45) is 1.63. The van der Waals surface area contributed by atoms with E-state index < -0.39 is 5.91 Å². The van der Waals surface area contributed by atoms with Gasteiger partial charge in [0.15, 0.2) is 0 Å². The van der Waals surface area contributed by atoms with Crippen LogP contribution in [0.3, 0.4) is 0 Å². The number of benzene rings is 3. The van der Waals surface area contributed by atoms with E-state index in [1.807, 2.05) is 54.6 Å². The third-order valence-electron chi connectivity index (χ3n) is 6.25. The number of carbonyl (C=O) groups excluding carboxylic acids is 2. The molecule has 0 saturated carbocycles. The third kappa shape index (κ3) is 5.11. The van der Waals surface area contributed by atoms with E-state index in [0.29, 0.717) is 17.3 Å². The van der Waals surface area contributed by atoms with Gasteiger partial charge in [0.1, 0.15) is 12.1 Å². The average Bonchev–Trinajstić information content (AvgIpc) is 3.40. The maximum Gasteiger partial charge on any atom is 0.280 e. The minimum absolute atomic E-state index is 0.0696. The molecule has 0 aliphatic carbocycles. The molecule has 1 N–H and O–H groups in total. The molecule has 1 atom stereocenters. The van der Waals surface area contributed by atoms with Crippen molar-refractivity contribution in [2.24, 2.45) is 5.10 Å². The van der Waals surface area contributed by atoms with E-state index >= 15 is 0 Å². The van der Waals surface area contributed by atoms with Crippen molar-refractivity contribution in [1.82, 2.24) is 14.7 Å². The standard InChI is InChI=1S/C28H25N5O4/c1-37-21-13-11-20(12-14-21)25-17-24(19-7-3-2-4-8-19)30-33(25)27(35)16-15-26(34)31-32-18-29-23-10-6-5-9-22(23)28(32)36/h2-14,18,25H,15-17H2,1H3,(H,31,34). The number of amides is 2. The summed E-state index contributed by atoms with van der Waals surface area (Å²) in [7, 11) is 1.60. The van der Waals surface area contributed by atoms with E-state index in [9.17, 15) is 14.4 Å². The molecule has 2 amide bonds. The second kappa shape index (κ2) is 10.4. The van der Waals surface area contributed by atoms with Gasteiger partial charge in [-0.2, -0.15) is 5.10 Å². The summed E-state index contributed by atoms with van der Waals surface area (Å²) in [6, 6.07) is 23.8. The molecule has 3 aromatic carbocycles. The van der Waals surface area contributed by atoms with Crippen LogP contribution < -0.4 is 15.7 Å². The molecule has 1 aliphatic heterocycles. The Morgan fingerprint density at radius 2 is 1.70 bits per heavy atom. The highest BCUT2D eigenvalue weighted by molar-refractivity contribution is 6.03. The number of nitrogens with one attached hydrogen (secondary N) is 1. The molecule has 5 rings (SSSR count). The average molecular weight is 496 g/mol. The van der Waals surface area contributed by atoms with Crippen LogP contribution >= 0.6 is 0 Å². The largest absolute Gasteiger partial charge is 0.497 e. The van der Waals surface area contributed by atoms with Crippen molar-refractivity contribution < 1.29 is 14.3 Å². The highest BCUT2D eigenvalue weighted by Gasteiger charge is 2.33. The van der Waals surface area contributed by atoms with Crippen molar-refractivity contribution in [2.45, 2.75) is 25.3 Å². The Kier molecular flexibility index (Phi) is 6.76. The van der Waals surface area contributed by atoms with Crippen molar-refractivity contribution in [1.29, 1.82) is 0 Å². The van der Waals surface area contributed by atoms with Crippen LogP contribution in [0.15, 0.2) is 95.1 Å². The number of rotatable bonds is 7.